The van der Waals surface area contributed by atoms with Crippen LogP contribution in [-0.4, -0.2) is 35.6 Å². The third kappa shape index (κ3) is 4.34. The Morgan fingerprint density at radius 1 is 1.29 bits per heavy atom. The highest BCUT2D eigenvalue weighted by atomic mass is 16.4. The predicted molar refractivity (Wildman–Crippen MR) is 64.7 cm³/mol. The van der Waals surface area contributed by atoms with E-state index >= 15 is 0 Å². The molecule has 0 radical (unpaired) electrons. The fourth-order valence-electron chi connectivity index (χ4n) is 2.02. The van der Waals surface area contributed by atoms with Crippen LogP contribution in [0.5, 0.6) is 0 Å². The number of carbonyl (C=O) groups is 2. The van der Waals surface area contributed by atoms with E-state index in [9.17, 15) is 9.59 Å². The van der Waals surface area contributed by atoms with Gasteiger partial charge in [-0.3, -0.25) is 4.79 Å². The van der Waals surface area contributed by atoms with Crippen molar-refractivity contribution in [2.45, 2.75) is 51.6 Å². The van der Waals surface area contributed by atoms with Gasteiger partial charge in [-0.2, -0.15) is 0 Å². The van der Waals surface area contributed by atoms with Gasteiger partial charge in [-0.15, -0.1) is 0 Å². The van der Waals surface area contributed by atoms with Crippen molar-refractivity contribution in [1.82, 2.24) is 10.6 Å². The summed E-state index contributed by atoms with van der Waals surface area (Å²) in [4.78, 5) is 22.9. The van der Waals surface area contributed by atoms with E-state index in [2.05, 4.69) is 10.6 Å². The van der Waals surface area contributed by atoms with Gasteiger partial charge in [-0.05, 0) is 25.3 Å². The van der Waals surface area contributed by atoms with Gasteiger partial charge in [0.2, 0.25) is 5.91 Å². The zero-order valence-corrected chi connectivity index (χ0v) is 10.5. The van der Waals surface area contributed by atoms with Crippen LogP contribution in [-0.2, 0) is 9.59 Å². The van der Waals surface area contributed by atoms with E-state index in [1.807, 2.05) is 0 Å². The van der Waals surface area contributed by atoms with Crippen LogP contribution in [0.25, 0.3) is 0 Å². The highest BCUT2D eigenvalue weighted by Crippen LogP contribution is 2.09. The molecule has 2 atom stereocenters. The molecule has 0 aromatic carbocycles. The van der Waals surface area contributed by atoms with Crippen molar-refractivity contribution in [2.24, 2.45) is 5.92 Å². The molecule has 1 aliphatic heterocycles. The number of hydrogen-bond donors (Lipinski definition) is 3. The first-order valence-corrected chi connectivity index (χ1v) is 6.29. The Bertz CT molecular complexity index is 271. The number of nitrogens with one attached hydrogen (secondary N) is 2. The van der Waals surface area contributed by atoms with Gasteiger partial charge in [0.25, 0.3) is 0 Å². The summed E-state index contributed by atoms with van der Waals surface area (Å²) in [6, 6.07) is -1.04. The van der Waals surface area contributed by atoms with Gasteiger partial charge in [0.05, 0.1) is 6.04 Å². The number of carbonyl (C=O) groups excluding carboxylic acids is 1. The highest BCUT2D eigenvalue weighted by molar-refractivity contribution is 5.87. The molecule has 0 aromatic heterocycles. The fraction of sp³-hybridized carbons (Fsp3) is 0.833. The van der Waals surface area contributed by atoms with E-state index in [0.717, 1.165) is 32.2 Å². The van der Waals surface area contributed by atoms with Crippen molar-refractivity contribution in [2.75, 3.05) is 6.54 Å². The Morgan fingerprint density at radius 2 is 2.00 bits per heavy atom. The number of carboxylic acid groups (broad SMARTS) is 1. The van der Waals surface area contributed by atoms with E-state index in [0.29, 0.717) is 0 Å². The van der Waals surface area contributed by atoms with Gasteiger partial charge in [-0.25, -0.2) is 4.79 Å². The van der Waals surface area contributed by atoms with E-state index in [-0.39, 0.29) is 17.9 Å². The Morgan fingerprint density at radius 3 is 2.59 bits per heavy atom. The summed E-state index contributed by atoms with van der Waals surface area (Å²) in [6.45, 7) is 4.41. The summed E-state index contributed by atoms with van der Waals surface area (Å²) in [7, 11) is 0. The number of aliphatic carboxylic acids is 1. The van der Waals surface area contributed by atoms with Crippen LogP contribution >= 0.6 is 0 Å². The lowest BCUT2D eigenvalue weighted by Crippen LogP contribution is -2.51. The van der Waals surface area contributed by atoms with Crippen LogP contribution in [0.3, 0.4) is 0 Å². The molecule has 1 heterocycles. The molecule has 3 N–H and O–H groups in total. The normalized spacial score (nSPS) is 22.9. The predicted octanol–water partition coefficient (Wildman–Crippen LogP) is 0.744. The van der Waals surface area contributed by atoms with Crippen molar-refractivity contribution in [3.8, 4) is 0 Å². The van der Waals surface area contributed by atoms with Crippen LogP contribution in [0.15, 0.2) is 0 Å². The molecule has 98 valence electrons. The zero-order chi connectivity index (χ0) is 12.8. The maximum absolute atomic E-state index is 11.9. The summed E-state index contributed by atoms with van der Waals surface area (Å²) in [5.74, 6) is -1.27. The Labute approximate surface area is 102 Å². The first-order chi connectivity index (χ1) is 8.02. The first kappa shape index (κ1) is 14.0. The molecule has 1 aliphatic rings. The molecule has 0 saturated carbocycles. The molecule has 1 fully saturated rings. The van der Waals surface area contributed by atoms with E-state index in [4.69, 9.17) is 5.11 Å². The molecule has 17 heavy (non-hydrogen) atoms. The number of amides is 1. The maximum Gasteiger partial charge on any atom is 0.326 e. The Kier molecular flexibility index (Phi) is 5.41. The molecule has 5 nitrogen and oxygen atoms in total. The third-order valence-corrected chi connectivity index (χ3v) is 3.11. The summed E-state index contributed by atoms with van der Waals surface area (Å²) >= 11 is 0. The monoisotopic (exact) mass is 242 g/mol. The first-order valence-electron chi connectivity index (χ1n) is 6.29. The number of carboxylic acids is 1. The summed E-state index contributed by atoms with van der Waals surface area (Å²) in [6.07, 6.45) is 4.01. The quantitative estimate of drug-likeness (QED) is 0.679. The van der Waals surface area contributed by atoms with E-state index < -0.39 is 12.0 Å². The van der Waals surface area contributed by atoms with Crippen molar-refractivity contribution in [3.63, 3.8) is 0 Å². The lowest BCUT2D eigenvalue weighted by atomic mass is 10.0. The molecule has 0 spiro atoms. The summed E-state index contributed by atoms with van der Waals surface area (Å²) in [5.41, 5.74) is 0. The Balaban J connectivity index is 2.53. The van der Waals surface area contributed by atoms with Crippen LogP contribution in [0.2, 0.25) is 0 Å². The van der Waals surface area contributed by atoms with E-state index in [1.54, 1.807) is 13.8 Å². The third-order valence-electron chi connectivity index (χ3n) is 3.11. The molecule has 1 amide bonds. The van der Waals surface area contributed by atoms with Crippen LogP contribution < -0.4 is 10.6 Å². The van der Waals surface area contributed by atoms with Crippen molar-refractivity contribution >= 4 is 11.9 Å². The topological polar surface area (TPSA) is 78.4 Å². The highest BCUT2D eigenvalue weighted by Gasteiger charge is 2.27. The smallest absolute Gasteiger partial charge is 0.326 e. The fourth-order valence-corrected chi connectivity index (χ4v) is 2.02. The SMILES string of the molecule is CC(C)C(NC(=O)C1CCCCCN1)C(=O)O. The lowest BCUT2D eigenvalue weighted by Gasteiger charge is -2.22. The molecule has 2 unspecified atom stereocenters. The minimum Gasteiger partial charge on any atom is -0.480 e. The molecule has 0 bridgehead atoms. The zero-order valence-electron chi connectivity index (χ0n) is 10.5. The minimum atomic E-state index is -0.970. The van der Waals surface area contributed by atoms with Crippen molar-refractivity contribution in [1.29, 1.82) is 0 Å². The second-order valence-corrected chi connectivity index (χ2v) is 4.92. The molecular weight excluding hydrogens is 220 g/mol. The van der Waals surface area contributed by atoms with Crippen LogP contribution in [0.4, 0.5) is 0 Å². The van der Waals surface area contributed by atoms with Crippen molar-refractivity contribution in [3.05, 3.63) is 0 Å². The summed E-state index contributed by atoms with van der Waals surface area (Å²) < 4.78 is 0. The molecule has 1 rings (SSSR count). The van der Waals surface area contributed by atoms with Gasteiger partial charge in [-0.1, -0.05) is 26.7 Å². The largest absolute Gasteiger partial charge is 0.480 e. The average molecular weight is 242 g/mol. The van der Waals surface area contributed by atoms with E-state index in [1.165, 1.54) is 0 Å². The lowest BCUT2D eigenvalue weighted by molar-refractivity contribution is -0.143. The van der Waals surface area contributed by atoms with Gasteiger partial charge < -0.3 is 15.7 Å². The Hall–Kier alpha value is -1.10. The number of hydrogen-bond acceptors (Lipinski definition) is 3. The molecule has 5 heteroatoms. The van der Waals surface area contributed by atoms with Crippen LogP contribution in [0, 0.1) is 5.92 Å². The maximum atomic E-state index is 11.9. The summed E-state index contributed by atoms with van der Waals surface area (Å²) in [5, 5.41) is 14.8. The van der Waals surface area contributed by atoms with Gasteiger partial charge in [0, 0.05) is 0 Å². The average Bonchev–Trinajstić information content (AvgIpc) is 2.52. The van der Waals surface area contributed by atoms with Gasteiger partial charge in [0.1, 0.15) is 6.04 Å². The standard InChI is InChI=1S/C12H22N2O3/c1-8(2)10(12(16)17)14-11(15)9-6-4-3-5-7-13-9/h8-10,13H,3-7H2,1-2H3,(H,14,15)(H,16,17). The molecule has 0 aliphatic carbocycles. The molecule has 0 aromatic rings. The number of rotatable bonds is 4. The molecule has 1 saturated heterocycles. The minimum absolute atomic E-state index is 0.109. The van der Waals surface area contributed by atoms with Crippen LogP contribution in [0.1, 0.15) is 39.5 Å². The second-order valence-electron chi connectivity index (χ2n) is 4.92. The van der Waals surface area contributed by atoms with Gasteiger partial charge >= 0.3 is 5.97 Å². The van der Waals surface area contributed by atoms with Gasteiger partial charge in [0.15, 0.2) is 0 Å². The van der Waals surface area contributed by atoms with Crippen molar-refractivity contribution < 1.29 is 14.7 Å². The molecular formula is C12H22N2O3. The second kappa shape index (κ2) is 6.59.